The number of aliphatic hydroxyl groups is 1. The van der Waals surface area contributed by atoms with E-state index in [1.807, 2.05) is 0 Å². The van der Waals surface area contributed by atoms with Crippen LogP contribution in [0.15, 0.2) is 22.8 Å². The monoisotopic (exact) mass is 154 g/mol. The van der Waals surface area contributed by atoms with Crippen LogP contribution in [0, 0.1) is 0 Å². The molecule has 0 aliphatic rings. The lowest BCUT2D eigenvalue weighted by Crippen LogP contribution is -2.09. The van der Waals surface area contributed by atoms with Gasteiger partial charge in [0.2, 0.25) is 0 Å². The number of hydrogen-bond acceptors (Lipinski definition) is 3. The Balaban J connectivity index is 2.70. The van der Waals surface area contributed by atoms with E-state index in [4.69, 9.17) is 4.42 Å². The second-order valence-corrected chi connectivity index (χ2v) is 2.24. The summed E-state index contributed by atoms with van der Waals surface area (Å²) in [5.74, 6) is 0.0943. The number of ketones is 1. The largest absolute Gasteiger partial charge is 0.466 e. The molecular formula is C8H10O3. The first-order valence-electron chi connectivity index (χ1n) is 3.50. The Kier molecular flexibility index (Phi) is 2.44. The van der Waals surface area contributed by atoms with Gasteiger partial charge in [-0.15, -0.1) is 0 Å². The Morgan fingerprint density at radius 1 is 1.82 bits per heavy atom. The van der Waals surface area contributed by atoms with E-state index in [0.29, 0.717) is 12.2 Å². The lowest BCUT2D eigenvalue weighted by atomic mass is 10.1. The van der Waals surface area contributed by atoms with Crippen LogP contribution < -0.4 is 0 Å². The predicted molar refractivity (Wildman–Crippen MR) is 39.0 cm³/mol. The van der Waals surface area contributed by atoms with Crippen molar-refractivity contribution >= 4 is 5.78 Å². The minimum Gasteiger partial charge on any atom is -0.466 e. The first-order chi connectivity index (χ1) is 5.25. The quantitative estimate of drug-likeness (QED) is 0.713. The smallest absolute Gasteiger partial charge is 0.170 e. The summed E-state index contributed by atoms with van der Waals surface area (Å²) in [5, 5.41) is 9.23. The summed E-state index contributed by atoms with van der Waals surface area (Å²) in [7, 11) is 0. The van der Waals surface area contributed by atoms with Crippen molar-refractivity contribution in [3.8, 4) is 0 Å². The molecule has 1 rings (SSSR count). The minimum absolute atomic E-state index is 0.222. The molecule has 0 saturated heterocycles. The topological polar surface area (TPSA) is 50.4 Å². The molecule has 1 aromatic rings. The molecule has 0 bridgehead atoms. The van der Waals surface area contributed by atoms with E-state index in [1.54, 1.807) is 19.1 Å². The Labute approximate surface area is 64.6 Å². The first kappa shape index (κ1) is 8.01. The van der Waals surface area contributed by atoms with Gasteiger partial charge in [0.15, 0.2) is 11.9 Å². The van der Waals surface area contributed by atoms with Crippen LogP contribution in [0.25, 0.3) is 0 Å². The summed E-state index contributed by atoms with van der Waals surface area (Å²) >= 11 is 0. The van der Waals surface area contributed by atoms with Gasteiger partial charge in [-0.05, 0) is 12.1 Å². The van der Waals surface area contributed by atoms with Crippen molar-refractivity contribution in [3.63, 3.8) is 0 Å². The van der Waals surface area contributed by atoms with E-state index >= 15 is 0 Å². The Bertz CT molecular complexity index is 225. The van der Waals surface area contributed by atoms with Gasteiger partial charge in [0.1, 0.15) is 5.76 Å². The number of aliphatic hydroxyl groups excluding tert-OH is 1. The normalized spacial score (nSPS) is 12.9. The standard InChI is InChI=1S/C8H10O3/c1-2-6(9)8(10)7-4-3-5-11-7/h3-5,8,10H,2H2,1H3. The van der Waals surface area contributed by atoms with Crippen molar-refractivity contribution in [1.29, 1.82) is 0 Å². The maximum Gasteiger partial charge on any atom is 0.170 e. The molecule has 0 saturated carbocycles. The molecule has 1 N–H and O–H groups in total. The van der Waals surface area contributed by atoms with Crippen LogP contribution >= 0.6 is 0 Å². The molecule has 1 heterocycles. The molecule has 11 heavy (non-hydrogen) atoms. The van der Waals surface area contributed by atoms with Crippen LogP contribution in [0.3, 0.4) is 0 Å². The second kappa shape index (κ2) is 3.34. The third kappa shape index (κ3) is 1.68. The summed E-state index contributed by atoms with van der Waals surface area (Å²) in [6, 6.07) is 3.22. The number of furan rings is 1. The molecule has 0 amide bonds. The fourth-order valence-electron chi connectivity index (χ4n) is 0.799. The van der Waals surface area contributed by atoms with Gasteiger partial charge < -0.3 is 9.52 Å². The molecule has 1 unspecified atom stereocenters. The van der Waals surface area contributed by atoms with Crippen LogP contribution in [0.1, 0.15) is 25.2 Å². The highest BCUT2D eigenvalue weighted by atomic mass is 16.4. The van der Waals surface area contributed by atoms with Gasteiger partial charge in [-0.1, -0.05) is 6.92 Å². The third-order valence-electron chi connectivity index (χ3n) is 1.47. The van der Waals surface area contributed by atoms with Gasteiger partial charge in [0.25, 0.3) is 0 Å². The molecule has 1 atom stereocenters. The Morgan fingerprint density at radius 3 is 3.00 bits per heavy atom. The van der Waals surface area contributed by atoms with Crippen LogP contribution in [0.5, 0.6) is 0 Å². The first-order valence-corrected chi connectivity index (χ1v) is 3.50. The van der Waals surface area contributed by atoms with Crippen LogP contribution in [0.2, 0.25) is 0 Å². The van der Waals surface area contributed by atoms with Crippen molar-refractivity contribution < 1.29 is 14.3 Å². The van der Waals surface area contributed by atoms with Crippen LogP contribution in [-0.4, -0.2) is 10.9 Å². The third-order valence-corrected chi connectivity index (χ3v) is 1.47. The molecule has 0 radical (unpaired) electrons. The van der Waals surface area contributed by atoms with Gasteiger partial charge in [-0.2, -0.15) is 0 Å². The second-order valence-electron chi connectivity index (χ2n) is 2.24. The minimum atomic E-state index is -1.09. The van der Waals surface area contributed by atoms with Crippen LogP contribution in [0.4, 0.5) is 0 Å². The molecule has 0 aliphatic heterocycles. The molecule has 0 spiro atoms. The molecule has 3 heteroatoms. The van der Waals surface area contributed by atoms with Crippen molar-refractivity contribution in [2.24, 2.45) is 0 Å². The zero-order chi connectivity index (χ0) is 8.27. The maximum atomic E-state index is 10.9. The van der Waals surface area contributed by atoms with Crippen LogP contribution in [-0.2, 0) is 4.79 Å². The summed E-state index contributed by atoms with van der Waals surface area (Å²) in [6.45, 7) is 1.70. The van der Waals surface area contributed by atoms with Crippen molar-refractivity contribution in [2.45, 2.75) is 19.4 Å². The summed E-state index contributed by atoms with van der Waals surface area (Å²) in [4.78, 5) is 10.9. The van der Waals surface area contributed by atoms with E-state index < -0.39 is 6.10 Å². The predicted octanol–water partition coefficient (Wildman–Crippen LogP) is 1.29. The molecule has 0 aliphatic carbocycles. The van der Waals surface area contributed by atoms with E-state index in [9.17, 15) is 9.90 Å². The lowest BCUT2D eigenvalue weighted by molar-refractivity contribution is -0.127. The number of carbonyl (C=O) groups is 1. The molecule has 1 aromatic heterocycles. The van der Waals surface area contributed by atoms with Gasteiger partial charge in [0.05, 0.1) is 6.26 Å². The molecule has 0 fully saturated rings. The van der Waals surface area contributed by atoms with Crippen molar-refractivity contribution in [3.05, 3.63) is 24.2 Å². The van der Waals surface area contributed by atoms with Gasteiger partial charge in [-0.25, -0.2) is 0 Å². The zero-order valence-electron chi connectivity index (χ0n) is 6.28. The van der Waals surface area contributed by atoms with Gasteiger partial charge >= 0.3 is 0 Å². The zero-order valence-corrected chi connectivity index (χ0v) is 6.28. The Morgan fingerprint density at radius 2 is 2.55 bits per heavy atom. The molecule has 60 valence electrons. The van der Waals surface area contributed by atoms with E-state index in [0.717, 1.165) is 0 Å². The van der Waals surface area contributed by atoms with E-state index in [1.165, 1.54) is 6.26 Å². The highest BCUT2D eigenvalue weighted by Crippen LogP contribution is 2.14. The van der Waals surface area contributed by atoms with E-state index in [-0.39, 0.29) is 5.78 Å². The Hall–Kier alpha value is -1.09. The SMILES string of the molecule is CCC(=O)C(O)c1ccco1. The highest BCUT2D eigenvalue weighted by molar-refractivity contribution is 5.83. The molecule has 3 nitrogen and oxygen atoms in total. The molecular weight excluding hydrogens is 144 g/mol. The van der Waals surface area contributed by atoms with E-state index in [2.05, 4.69) is 0 Å². The fourth-order valence-corrected chi connectivity index (χ4v) is 0.799. The molecule has 0 aromatic carbocycles. The maximum absolute atomic E-state index is 10.9. The average molecular weight is 154 g/mol. The lowest BCUT2D eigenvalue weighted by Gasteiger charge is -2.02. The number of rotatable bonds is 3. The van der Waals surface area contributed by atoms with Crippen molar-refractivity contribution in [1.82, 2.24) is 0 Å². The fraction of sp³-hybridized carbons (Fsp3) is 0.375. The average Bonchev–Trinajstić information content (AvgIpc) is 2.53. The summed E-state index contributed by atoms with van der Waals surface area (Å²) in [6.07, 6.45) is 0.665. The number of Topliss-reactive ketones (excluding diaryl/α,β-unsaturated/α-hetero) is 1. The summed E-state index contributed by atoms with van der Waals surface area (Å²) < 4.78 is 4.85. The number of hydrogen-bond donors (Lipinski definition) is 1. The van der Waals surface area contributed by atoms with Gasteiger partial charge in [0, 0.05) is 6.42 Å². The van der Waals surface area contributed by atoms with Gasteiger partial charge in [-0.3, -0.25) is 4.79 Å². The van der Waals surface area contributed by atoms with Crippen molar-refractivity contribution in [2.75, 3.05) is 0 Å². The number of carbonyl (C=O) groups excluding carboxylic acids is 1. The highest BCUT2D eigenvalue weighted by Gasteiger charge is 2.17. The summed E-state index contributed by atoms with van der Waals surface area (Å²) in [5.41, 5.74) is 0.